The molecule has 8 aliphatic rings. The van der Waals surface area contributed by atoms with E-state index in [0.717, 1.165) is 34.8 Å². The summed E-state index contributed by atoms with van der Waals surface area (Å²) in [6.07, 6.45) is 20.0. The zero-order valence-corrected chi connectivity index (χ0v) is 41.7. The van der Waals surface area contributed by atoms with E-state index in [-0.39, 0.29) is 12.1 Å². The van der Waals surface area contributed by atoms with Crippen molar-refractivity contribution in [2.24, 2.45) is 35.5 Å². The molecular weight excluding hydrogens is 781 g/mol. The summed E-state index contributed by atoms with van der Waals surface area (Å²) < 4.78 is 52.1. The highest BCUT2D eigenvalue weighted by Gasteiger charge is 2.42. The molecule has 2 heterocycles. The lowest BCUT2D eigenvalue weighted by Crippen LogP contribution is -2.34. The van der Waals surface area contributed by atoms with E-state index in [4.69, 9.17) is 0 Å². The molecule has 0 saturated carbocycles. The first-order chi connectivity index (χ1) is 27.8. The summed E-state index contributed by atoms with van der Waals surface area (Å²) in [7, 11) is -6.34. The lowest BCUT2D eigenvalue weighted by atomic mass is 9.95. The summed E-state index contributed by atoms with van der Waals surface area (Å²) in [5.74, 6) is 3.75. The van der Waals surface area contributed by atoms with E-state index >= 15 is 0 Å². The minimum Gasteiger partial charge on any atom is -0.207 e. The van der Waals surface area contributed by atoms with Gasteiger partial charge < -0.3 is 0 Å². The van der Waals surface area contributed by atoms with Gasteiger partial charge in [0.2, 0.25) is 20.0 Å². The van der Waals surface area contributed by atoms with Crippen molar-refractivity contribution < 1.29 is 16.8 Å². The van der Waals surface area contributed by atoms with Gasteiger partial charge in [-0.25, -0.2) is 16.8 Å². The Morgan fingerprint density at radius 3 is 0.883 bits per heavy atom. The maximum atomic E-state index is 12.2. The fraction of sp³-hybridized carbons (Fsp3) is 0.615. The number of nitrogens with zero attached hydrogens (tertiary/aromatic N) is 2. The highest BCUT2D eigenvalue weighted by atomic mass is 32.2. The maximum absolute atomic E-state index is 12.2. The summed E-state index contributed by atoms with van der Waals surface area (Å²) in [5.41, 5.74) is 17.4. The van der Waals surface area contributed by atoms with E-state index in [1.54, 1.807) is 47.6 Å². The van der Waals surface area contributed by atoms with Crippen LogP contribution in [0, 0.1) is 35.5 Å². The van der Waals surface area contributed by atoms with Crippen LogP contribution < -0.4 is 0 Å². The largest absolute Gasteiger partial charge is 0.240 e. The van der Waals surface area contributed by atoms with Crippen molar-refractivity contribution in [1.29, 1.82) is 0 Å². The topological polar surface area (TPSA) is 74.8 Å². The molecule has 8 heteroatoms. The van der Waals surface area contributed by atoms with Gasteiger partial charge in [0.15, 0.2) is 0 Å². The molecule has 6 aliphatic carbocycles. The third-order valence-electron chi connectivity index (χ3n) is 13.5. The quantitative estimate of drug-likeness (QED) is 0.244. The summed E-state index contributed by atoms with van der Waals surface area (Å²) in [4.78, 5) is 1.29. The van der Waals surface area contributed by atoms with E-state index in [2.05, 4.69) is 120 Å². The predicted octanol–water partition coefficient (Wildman–Crippen LogP) is 13.1. The molecule has 0 bridgehead atoms. The van der Waals surface area contributed by atoms with Gasteiger partial charge in [-0.05, 0) is 117 Å². The molecule has 0 aromatic heterocycles. The van der Waals surface area contributed by atoms with Gasteiger partial charge in [-0.2, -0.15) is 8.61 Å². The first-order valence-corrected chi connectivity index (χ1v) is 25.9. The average molecular weight is 859 g/mol. The summed E-state index contributed by atoms with van der Waals surface area (Å²) >= 11 is 0. The monoisotopic (exact) mass is 859 g/mol. The molecule has 0 fully saturated rings. The Kier molecular flexibility index (Phi) is 15.2. The molecule has 0 saturated heterocycles. The molecule has 0 N–H and O–H groups in total. The van der Waals surface area contributed by atoms with E-state index in [9.17, 15) is 16.8 Å². The molecule has 0 amide bonds. The zero-order valence-electron chi connectivity index (χ0n) is 40.1. The molecular formula is C52H78N2O4S2. The van der Waals surface area contributed by atoms with Crippen LogP contribution >= 0.6 is 0 Å². The van der Waals surface area contributed by atoms with Gasteiger partial charge in [-0.3, -0.25) is 0 Å². The van der Waals surface area contributed by atoms with Crippen molar-refractivity contribution >= 4 is 20.0 Å². The second-order valence-electron chi connectivity index (χ2n) is 20.6. The van der Waals surface area contributed by atoms with Crippen LogP contribution in [-0.4, -0.2) is 50.6 Å². The van der Waals surface area contributed by atoms with Gasteiger partial charge in [0, 0.05) is 38.0 Å². The highest BCUT2D eigenvalue weighted by molar-refractivity contribution is 7.93. The molecule has 8 rings (SSSR count). The van der Waals surface area contributed by atoms with E-state index in [0.29, 0.717) is 47.6 Å². The summed E-state index contributed by atoms with van der Waals surface area (Å²) in [6.45, 7) is 35.6. The van der Waals surface area contributed by atoms with Crippen LogP contribution in [0.15, 0.2) is 113 Å². The molecule has 0 aromatic carbocycles. The van der Waals surface area contributed by atoms with Gasteiger partial charge in [-0.1, -0.05) is 159 Å². The van der Waals surface area contributed by atoms with Crippen LogP contribution in [0.2, 0.25) is 0 Å². The number of sulfonamides is 2. The second kappa shape index (κ2) is 18.9. The molecule has 0 unspecified atom stereocenters. The fourth-order valence-corrected chi connectivity index (χ4v) is 12.9. The lowest BCUT2D eigenvalue weighted by Gasteiger charge is -2.21. The predicted molar refractivity (Wildman–Crippen MR) is 255 cm³/mol. The van der Waals surface area contributed by atoms with E-state index in [1.165, 1.54) is 42.4 Å². The standard InChI is InChI=1S/2C14H20.2C12H19NO2S/c2*1-9(2)11-5-13-7-12(10(3)4)8-14(13)6-11;2*1-8(2)10-5-11-7-13(9(3)4)16(14,15)12(11)6-10/h5,8-10H,6-7H2,1-4H3;5,7,9-10H,6,8H2,1-4H3;2*5,8-9H,6-7H2,1-4H3. The molecule has 332 valence electrons. The van der Waals surface area contributed by atoms with Crippen LogP contribution in [0.4, 0.5) is 0 Å². The Hall–Kier alpha value is -2.78. The normalized spacial score (nSPS) is 22.7. The van der Waals surface area contributed by atoms with Crippen molar-refractivity contribution in [3.8, 4) is 0 Å². The van der Waals surface area contributed by atoms with Crippen LogP contribution in [0.5, 0.6) is 0 Å². The van der Waals surface area contributed by atoms with E-state index < -0.39 is 20.0 Å². The van der Waals surface area contributed by atoms with Crippen molar-refractivity contribution in [1.82, 2.24) is 8.61 Å². The first-order valence-electron chi connectivity index (χ1n) is 23.0. The summed E-state index contributed by atoms with van der Waals surface area (Å²) in [5, 5.41) is 0. The highest BCUT2D eigenvalue weighted by Crippen LogP contribution is 2.44. The molecule has 0 aromatic rings. The second-order valence-corrected chi connectivity index (χ2v) is 24.4. The minimum atomic E-state index is -3.17. The molecule has 0 spiro atoms. The Bertz CT molecular complexity index is 2100. The lowest BCUT2D eigenvalue weighted by molar-refractivity contribution is 0.390. The van der Waals surface area contributed by atoms with Gasteiger partial charge >= 0.3 is 0 Å². The maximum Gasteiger partial charge on any atom is 0.240 e. The van der Waals surface area contributed by atoms with Crippen molar-refractivity contribution in [3.63, 3.8) is 0 Å². The van der Waals surface area contributed by atoms with Crippen LogP contribution in [0.3, 0.4) is 0 Å². The van der Waals surface area contributed by atoms with Crippen LogP contribution in [0.25, 0.3) is 0 Å². The zero-order chi connectivity index (χ0) is 44.8. The van der Waals surface area contributed by atoms with Gasteiger partial charge in [-0.15, -0.1) is 0 Å². The Morgan fingerprint density at radius 2 is 0.633 bits per heavy atom. The molecule has 0 atom stereocenters. The third kappa shape index (κ3) is 10.4. The third-order valence-corrected chi connectivity index (χ3v) is 17.9. The summed E-state index contributed by atoms with van der Waals surface area (Å²) in [6, 6.07) is 0.0954. The van der Waals surface area contributed by atoms with E-state index in [1.807, 2.05) is 27.7 Å². The molecule has 2 aliphatic heterocycles. The smallest absolute Gasteiger partial charge is 0.207 e. The Morgan fingerprint density at radius 1 is 0.367 bits per heavy atom. The molecule has 60 heavy (non-hydrogen) atoms. The number of rotatable bonds is 8. The molecule has 6 nitrogen and oxygen atoms in total. The van der Waals surface area contributed by atoms with Gasteiger partial charge in [0.25, 0.3) is 0 Å². The molecule has 0 radical (unpaired) electrons. The SMILES string of the molecule is CC(C)C1=CC2=C(C1)CC(C(C)C)=C2.CC(C)C1=CC2=C(C1)S(=O)(=O)N(C(C)C)C2.CC(C)C1=CC2=C(C1)S(=O)(=O)N(C(C)C)C2.CC(C)C1=CC2=C(C=C(C(C)C)C2)C1. The number of hydrogen-bond acceptors (Lipinski definition) is 4. The van der Waals surface area contributed by atoms with Crippen molar-refractivity contribution in [2.45, 2.75) is 161 Å². The Balaban J connectivity index is 0.000000152. The first kappa shape index (κ1) is 48.3. The fourth-order valence-electron chi connectivity index (χ4n) is 9.03. The van der Waals surface area contributed by atoms with Crippen molar-refractivity contribution in [3.05, 3.63) is 113 Å². The average Bonchev–Trinajstić information content (AvgIpc) is 3.97. The van der Waals surface area contributed by atoms with Crippen LogP contribution in [0.1, 0.15) is 149 Å². The number of allylic oxidation sites excluding steroid dienone is 16. The van der Waals surface area contributed by atoms with Crippen LogP contribution in [-0.2, 0) is 20.0 Å². The Labute approximate surface area is 366 Å². The van der Waals surface area contributed by atoms with Gasteiger partial charge in [0.1, 0.15) is 0 Å². The minimum absolute atomic E-state index is 0.0477. The number of hydrogen-bond donors (Lipinski definition) is 0. The van der Waals surface area contributed by atoms with Gasteiger partial charge in [0.05, 0.1) is 9.81 Å². The van der Waals surface area contributed by atoms with Crippen molar-refractivity contribution in [2.75, 3.05) is 13.1 Å².